The van der Waals surface area contributed by atoms with E-state index < -0.39 is 60.3 Å². The molecule has 62 heavy (non-hydrogen) atoms. The number of nitrogens with one attached hydrogen (secondary N) is 3. The van der Waals surface area contributed by atoms with E-state index in [1.807, 2.05) is 46.1 Å². The Bertz CT molecular complexity index is 2390. The number of alkyl carbamates (subject to hydrolysis) is 1. The summed E-state index contributed by atoms with van der Waals surface area (Å²) in [5, 5.41) is 10.8. The average molecular weight is 909 g/mol. The van der Waals surface area contributed by atoms with Crippen LogP contribution < -0.4 is 29.9 Å². The van der Waals surface area contributed by atoms with Crippen LogP contribution >= 0.6 is 30.5 Å². The Hall–Kier alpha value is -4.89. The van der Waals surface area contributed by atoms with E-state index in [1.165, 1.54) is 34.4 Å². The summed E-state index contributed by atoms with van der Waals surface area (Å²) in [6, 6.07) is 11.1. The van der Waals surface area contributed by atoms with E-state index in [1.54, 1.807) is 37.4 Å². The predicted octanol–water partition coefficient (Wildman–Crippen LogP) is 8.56. The molecule has 2 aromatic heterocycles. The van der Waals surface area contributed by atoms with Crippen molar-refractivity contribution in [2.75, 3.05) is 19.0 Å². The van der Waals surface area contributed by atoms with Gasteiger partial charge in [0.05, 0.1) is 24.9 Å². The van der Waals surface area contributed by atoms with E-state index in [-0.39, 0.29) is 37.3 Å². The van der Waals surface area contributed by atoms with Crippen molar-refractivity contribution >= 4 is 64.5 Å². The third-order valence-corrected chi connectivity index (χ3v) is 14.5. The van der Waals surface area contributed by atoms with Crippen LogP contribution in [0, 0.1) is 11.3 Å². The van der Waals surface area contributed by atoms with Gasteiger partial charge in [-0.05, 0) is 81.7 Å². The van der Waals surface area contributed by atoms with Gasteiger partial charge in [0.15, 0.2) is 10.4 Å². The zero-order chi connectivity index (χ0) is 44.6. The molecule has 3 amide bonds. The number of methoxy groups -OCH3 is 1. The largest absolute Gasteiger partial charge is 0.497 e. The zero-order valence-electron chi connectivity index (χ0n) is 35.7. The Morgan fingerprint density at radius 3 is 2.48 bits per heavy atom. The number of carbonyl (C=O) groups is 3. The van der Waals surface area contributed by atoms with Gasteiger partial charge in [-0.2, -0.15) is 0 Å². The molecule has 18 heteroatoms. The third kappa shape index (κ3) is 9.83. The molecule has 3 heterocycles. The van der Waals surface area contributed by atoms with Gasteiger partial charge in [-0.3, -0.25) is 9.59 Å². The molecule has 0 radical (unpaired) electrons. The quantitative estimate of drug-likeness (QED) is 0.0658. The van der Waals surface area contributed by atoms with Crippen molar-refractivity contribution in [2.45, 2.75) is 109 Å². The molecule has 2 aromatic carbocycles. The van der Waals surface area contributed by atoms with Crippen LogP contribution in [0.5, 0.6) is 17.2 Å². The number of ether oxygens (including phenoxy) is 3. The molecule has 0 spiro atoms. The SMILES string of the molecule is C=C[C@@H]1C[C@]1(NC(=O)[C@@H]1C[C@@H](Oc2cc(-c3csc(NC(C)C)n3)nc3cc(OC)ccc23)CN1C(=O)[C@@H](NC(=O)OC1CCCC1)C(C)(C)C)P(=O)(O)Oc1cccc(Cl)c1. The number of nitrogens with zero attached hydrogens (tertiary/aromatic N) is 3. The number of carbonyl (C=O) groups excluding carboxylic acids is 3. The molecule has 15 nitrogen and oxygen atoms in total. The van der Waals surface area contributed by atoms with Crippen LogP contribution in [0.3, 0.4) is 0 Å². The second-order valence-corrected chi connectivity index (χ2v) is 20.8. The van der Waals surface area contributed by atoms with Crippen molar-refractivity contribution in [2.24, 2.45) is 11.3 Å². The van der Waals surface area contributed by atoms with Crippen LogP contribution in [0.25, 0.3) is 22.3 Å². The topological polar surface area (TPSA) is 191 Å². The number of anilines is 1. The minimum atomic E-state index is -4.66. The van der Waals surface area contributed by atoms with Crippen molar-refractivity contribution in [3.05, 3.63) is 71.6 Å². The van der Waals surface area contributed by atoms with Crippen LogP contribution in [0.4, 0.5) is 9.93 Å². The molecule has 3 fully saturated rings. The Labute approximate surface area is 370 Å². The third-order valence-electron chi connectivity index (χ3n) is 11.4. The maximum Gasteiger partial charge on any atom is 0.408 e. The molecular weight excluding hydrogens is 855 g/mol. The highest BCUT2D eigenvalue weighted by Gasteiger charge is 2.68. The normalized spacial score (nSPS) is 22.7. The van der Waals surface area contributed by atoms with E-state index in [0.29, 0.717) is 38.8 Å². The van der Waals surface area contributed by atoms with Crippen LogP contribution in [0.2, 0.25) is 5.02 Å². The lowest BCUT2D eigenvalue weighted by molar-refractivity contribution is -0.142. The molecule has 332 valence electrons. The first kappa shape index (κ1) is 45.1. The van der Waals surface area contributed by atoms with Crippen molar-refractivity contribution in [3.63, 3.8) is 0 Å². The summed E-state index contributed by atoms with van der Waals surface area (Å²) in [6.07, 6.45) is 3.22. The number of fused-ring (bicyclic) bond motifs is 1. The Morgan fingerprint density at radius 2 is 1.82 bits per heavy atom. The molecule has 2 aliphatic carbocycles. The first-order valence-electron chi connectivity index (χ1n) is 20.8. The highest BCUT2D eigenvalue weighted by Crippen LogP contribution is 2.69. The van der Waals surface area contributed by atoms with Gasteiger partial charge in [0.25, 0.3) is 0 Å². The molecular formula is C44H54ClN6O9PS. The zero-order valence-corrected chi connectivity index (χ0v) is 38.1. The van der Waals surface area contributed by atoms with Crippen LogP contribution in [0.15, 0.2) is 66.6 Å². The molecule has 2 saturated carbocycles. The summed E-state index contributed by atoms with van der Waals surface area (Å²) in [6.45, 7) is 13.3. The van der Waals surface area contributed by atoms with Gasteiger partial charge < -0.3 is 44.5 Å². The van der Waals surface area contributed by atoms with Crippen molar-refractivity contribution in [1.29, 1.82) is 0 Å². The molecule has 6 atom stereocenters. The van der Waals surface area contributed by atoms with E-state index in [2.05, 4.69) is 22.5 Å². The minimum absolute atomic E-state index is 0.00483. The van der Waals surface area contributed by atoms with Crippen molar-refractivity contribution in [1.82, 2.24) is 25.5 Å². The standard InChI is InChI=1S/C44H54ClN6O9PS/c1-8-26-22-44(26,61(55,56)60-30-15-11-12-27(45)18-30)50-39(52)36-20-31(23-51(36)40(53)38(43(4,5)6)49-42(54)59-28-13-9-10-14-28)58-37-21-34(35-24-62-41(48-35)46-25(2)3)47-33-19-29(57-7)16-17-32(33)37/h8,11-12,15-19,21,24-26,28,31,36,38H,1,9-10,13-14,20,22-23H2,2-7H3,(H,46,48)(H,49,54)(H,50,52)(H,55,56)/t26-,31-,36+,38-,44+/m1/s1. The minimum Gasteiger partial charge on any atom is -0.497 e. The first-order valence-corrected chi connectivity index (χ1v) is 23.6. The highest BCUT2D eigenvalue weighted by atomic mass is 35.5. The number of pyridine rings is 1. The number of benzene rings is 2. The van der Waals surface area contributed by atoms with Gasteiger partial charge in [-0.1, -0.05) is 44.5 Å². The summed E-state index contributed by atoms with van der Waals surface area (Å²) < 4.78 is 37.8. The fraction of sp³-hybridized carbons (Fsp3) is 0.477. The van der Waals surface area contributed by atoms with Gasteiger partial charge >= 0.3 is 13.7 Å². The van der Waals surface area contributed by atoms with E-state index in [4.69, 9.17) is 40.3 Å². The summed E-state index contributed by atoms with van der Waals surface area (Å²) in [4.78, 5) is 65.4. The predicted molar refractivity (Wildman–Crippen MR) is 239 cm³/mol. The molecule has 4 N–H and O–H groups in total. The fourth-order valence-electron chi connectivity index (χ4n) is 8.05. The van der Waals surface area contributed by atoms with Crippen LogP contribution in [0.1, 0.15) is 73.1 Å². The number of amides is 3. The molecule has 1 aliphatic heterocycles. The number of likely N-dealkylation sites (tertiary alicyclic amines) is 1. The van der Waals surface area contributed by atoms with E-state index in [0.717, 1.165) is 30.8 Å². The number of halogens is 1. The van der Waals surface area contributed by atoms with Gasteiger partial charge in [0, 0.05) is 46.3 Å². The molecule has 1 unspecified atom stereocenters. The molecule has 0 bridgehead atoms. The molecule has 7 rings (SSSR count). The van der Waals surface area contributed by atoms with Gasteiger partial charge in [-0.15, -0.1) is 17.9 Å². The van der Waals surface area contributed by atoms with Gasteiger partial charge in [0.2, 0.25) is 11.8 Å². The summed E-state index contributed by atoms with van der Waals surface area (Å²) in [7, 11) is -3.09. The fourth-order valence-corrected chi connectivity index (χ4v) is 10.9. The molecule has 3 aliphatic rings. The Morgan fingerprint density at radius 1 is 1.06 bits per heavy atom. The van der Waals surface area contributed by atoms with E-state index >= 15 is 0 Å². The summed E-state index contributed by atoms with van der Waals surface area (Å²) in [5.41, 5.74) is 0.911. The first-order chi connectivity index (χ1) is 29.4. The van der Waals surface area contributed by atoms with E-state index in [9.17, 15) is 23.8 Å². The Kier molecular flexibility index (Phi) is 13.2. The maximum absolute atomic E-state index is 14.9. The number of aromatic nitrogens is 2. The average Bonchev–Trinajstić information content (AvgIpc) is 3.60. The lowest BCUT2D eigenvalue weighted by Gasteiger charge is -2.35. The second-order valence-electron chi connectivity index (χ2n) is 17.5. The number of hydrogen-bond donors (Lipinski definition) is 4. The molecule has 4 aromatic rings. The van der Waals surface area contributed by atoms with Gasteiger partial charge in [0.1, 0.15) is 47.2 Å². The second kappa shape index (κ2) is 18.1. The lowest BCUT2D eigenvalue weighted by Crippen LogP contribution is -2.58. The smallest absolute Gasteiger partial charge is 0.408 e. The molecule has 1 saturated heterocycles. The monoisotopic (exact) mass is 908 g/mol. The summed E-state index contributed by atoms with van der Waals surface area (Å²) >= 11 is 7.59. The summed E-state index contributed by atoms with van der Waals surface area (Å²) in [5.74, 6) is -0.790. The van der Waals surface area contributed by atoms with Crippen LogP contribution in [-0.2, 0) is 18.9 Å². The number of rotatable bonds is 15. The highest BCUT2D eigenvalue weighted by molar-refractivity contribution is 7.55. The number of hydrogen-bond acceptors (Lipinski definition) is 12. The van der Waals surface area contributed by atoms with Crippen molar-refractivity contribution < 1.29 is 42.6 Å². The maximum atomic E-state index is 14.9. The van der Waals surface area contributed by atoms with Gasteiger partial charge in [-0.25, -0.2) is 19.3 Å². The Balaban J connectivity index is 1.22. The lowest BCUT2D eigenvalue weighted by atomic mass is 9.85. The van der Waals surface area contributed by atoms with Crippen LogP contribution in [-0.4, -0.2) is 86.9 Å². The number of thiazole rings is 1. The van der Waals surface area contributed by atoms with Crippen molar-refractivity contribution in [3.8, 4) is 28.6 Å².